The molecule has 1 atom stereocenters. The molecular weight excluding hydrogens is 158 g/mol. The van der Waals surface area contributed by atoms with Crippen LogP contribution in [0.15, 0.2) is 4.99 Å². The molecular formula is C8H13NO3. The van der Waals surface area contributed by atoms with Crippen LogP contribution in [0, 0.1) is 5.92 Å². The first kappa shape index (κ1) is 9.03. The second-order valence-electron chi connectivity index (χ2n) is 2.69. The van der Waals surface area contributed by atoms with E-state index in [0.717, 1.165) is 6.42 Å². The molecule has 0 amide bonds. The average Bonchev–Trinajstić information content (AvgIpc) is 2.17. The van der Waals surface area contributed by atoms with Crippen LogP contribution in [0.4, 0.5) is 0 Å². The number of hydrogen-bond donors (Lipinski definition) is 0. The summed E-state index contributed by atoms with van der Waals surface area (Å²) in [5.74, 6) is 0.415. The van der Waals surface area contributed by atoms with Crippen LogP contribution in [-0.4, -0.2) is 32.6 Å². The van der Waals surface area contributed by atoms with Crippen LogP contribution >= 0.6 is 0 Å². The van der Waals surface area contributed by atoms with Crippen LogP contribution in [0.5, 0.6) is 0 Å². The monoisotopic (exact) mass is 171 g/mol. The second-order valence-corrected chi connectivity index (χ2v) is 2.69. The summed E-state index contributed by atoms with van der Waals surface area (Å²) in [6.45, 7) is 0.656. The third kappa shape index (κ3) is 1.96. The molecule has 0 aromatic rings. The molecule has 0 spiro atoms. The molecule has 0 saturated carbocycles. The van der Waals surface area contributed by atoms with Crippen LogP contribution in [0.1, 0.15) is 12.8 Å². The van der Waals surface area contributed by atoms with Gasteiger partial charge in [-0.05, 0) is 6.42 Å². The van der Waals surface area contributed by atoms with Gasteiger partial charge in [-0.15, -0.1) is 0 Å². The maximum atomic E-state index is 11.1. The van der Waals surface area contributed by atoms with Crippen molar-refractivity contribution in [3.63, 3.8) is 0 Å². The van der Waals surface area contributed by atoms with E-state index in [0.29, 0.717) is 18.9 Å². The molecule has 1 aliphatic heterocycles. The van der Waals surface area contributed by atoms with Gasteiger partial charge in [0.25, 0.3) is 0 Å². The van der Waals surface area contributed by atoms with E-state index in [1.54, 1.807) is 7.11 Å². The molecule has 0 bridgehead atoms. The number of aliphatic imine (C=N–C) groups is 1. The lowest BCUT2D eigenvalue weighted by atomic mass is 9.99. The first-order valence-electron chi connectivity index (χ1n) is 3.93. The smallest absolute Gasteiger partial charge is 0.309 e. The Bertz CT molecular complexity index is 200. The summed E-state index contributed by atoms with van der Waals surface area (Å²) >= 11 is 0. The van der Waals surface area contributed by atoms with Gasteiger partial charge in [0, 0.05) is 13.0 Å². The van der Waals surface area contributed by atoms with E-state index < -0.39 is 0 Å². The van der Waals surface area contributed by atoms with Gasteiger partial charge >= 0.3 is 5.97 Å². The second kappa shape index (κ2) is 4.09. The number of methoxy groups -OCH3 is 2. The van der Waals surface area contributed by atoms with E-state index in [2.05, 4.69) is 9.73 Å². The van der Waals surface area contributed by atoms with Crippen molar-refractivity contribution >= 4 is 11.9 Å². The third-order valence-electron chi connectivity index (χ3n) is 1.96. The lowest BCUT2D eigenvalue weighted by Crippen LogP contribution is -2.25. The number of esters is 1. The Morgan fingerprint density at radius 1 is 1.58 bits per heavy atom. The maximum Gasteiger partial charge on any atom is 0.309 e. The van der Waals surface area contributed by atoms with Crippen molar-refractivity contribution in [3.05, 3.63) is 0 Å². The number of carbonyl (C=O) groups excluding carboxylic acids is 1. The topological polar surface area (TPSA) is 47.9 Å². The number of carbonyl (C=O) groups is 1. The highest BCUT2D eigenvalue weighted by Crippen LogP contribution is 2.16. The van der Waals surface area contributed by atoms with Gasteiger partial charge in [-0.1, -0.05) is 0 Å². The van der Waals surface area contributed by atoms with E-state index in [4.69, 9.17) is 4.74 Å². The van der Waals surface area contributed by atoms with Crippen molar-refractivity contribution in [1.29, 1.82) is 0 Å². The highest BCUT2D eigenvalue weighted by molar-refractivity contribution is 5.83. The van der Waals surface area contributed by atoms with Gasteiger partial charge in [-0.2, -0.15) is 0 Å². The van der Waals surface area contributed by atoms with Crippen molar-refractivity contribution in [1.82, 2.24) is 0 Å². The zero-order chi connectivity index (χ0) is 8.97. The minimum absolute atomic E-state index is 0.0672. The van der Waals surface area contributed by atoms with Crippen LogP contribution in [0.25, 0.3) is 0 Å². The maximum absolute atomic E-state index is 11.1. The molecule has 0 saturated heterocycles. The molecule has 0 fully saturated rings. The van der Waals surface area contributed by atoms with Crippen molar-refractivity contribution in [2.24, 2.45) is 10.9 Å². The summed E-state index contributed by atoms with van der Waals surface area (Å²) in [4.78, 5) is 15.2. The number of hydrogen-bond acceptors (Lipinski definition) is 4. The Labute approximate surface area is 71.6 Å². The summed E-state index contributed by atoms with van der Waals surface area (Å²) in [6, 6.07) is 0. The third-order valence-corrected chi connectivity index (χ3v) is 1.96. The van der Waals surface area contributed by atoms with E-state index in [1.165, 1.54) is 7.11 Å². The van der Waals surface area contributed by atoms with Gasteiger partial charge in [0.15, 0.2) is 5.90 Å². The standard InChI is InChI=1S/C8H13NO3/c1-11-7-5-6(3-4-9-7)8(10)12-2/h6H,3-5H2,1-2H3/t6-/m0/s1. The Morgan fingerprint density at radius 3 is 2.92 bits per heavy atom. The summed E-state index contributed by atoms with van der Waals surface area (Å²) in [7, 11) is 2.97. The molecule has 0 N–H and O–H groups in total. The normalized spacial score (nSPS) is 22.8. The lowest BCUT2D eigenvalue weighted by molar-refractivity contribution is -0.145. The minimum Gasteiger partial charge on any atom is -0.484 e. The first-order chi connectivity index (χ1) is 5.77. The number of nitrogens with zero attached hydrogens (tertiary/aromatic N) is 1. The number of ether oxygens (including phenoxy) is 2. The van der Waals surface area contributed by atoms with Crippen LogP contribution < -0.4 is 0 Å². The van der Waals surface area contributed by atoms with Crippen LogP contribution in [-0.2, 0) is 14.3 Å². The van der Waals surface area contributed by atoms with Gasteiger partial charge in [-0.25, -0.2) is 0 Å². The summed E-state index contributed by atoms with van der Waals surface area (Å²) in [6.07, 6.45) is 1.34. The zero-order valence-electron chi connectivity index (χ0n) is 7.37. The molecule has 0 aliphatic carbocycles. The van der Waals surface area contributed by atoms with Gasteiger partial charge in [0.1, 0.15) is 0 Å². The molecule has 4 nitrogen and oxygen atoms in total. The van der Waals surface area contributed by atoms with Gasteiger partial charge in [0.05, 0.1) is 20.1 Å². The predicted molar refractivity (Wildman–Crippen MR) is 44.1 cm³/mol. The molecule has 0 aromatic carbocycles. The Balaban J connectivity index is 2.51. The fourth-order valence-corrected chi connectivity index (χ4v) is 1.24. The molecule has 68 valence electrons. The molecule has 1 heterocycles. The van der Waals surface area contributed by atoms with E-state index in [9.17, 15) is 4.79 Å². The molecule has 12 heavy (non-hydrogen) atoms. The Hall–Kier alpha value is -1.06. The SMILES string of the molecule is COC(=O)[C@H]1CCN=C(OC)C1. The molecule has 4 heteroatoms. The Kier molecular flexibility index (Phi) is 3.08. The number of rotatable bonds is 1. The summed E-state index contributed by atoms with van der Waals surface area (Å²) < 4.78 is 9.59. The average molecular weight is 171 g/mol. The molecule has 0 radical (unpaired) electrons. The molecule has 0 aromatic heterocycles. The highest BCUT2D eigenvalue weighted by Gasteiger charge is 2.24. The largest absolute Gasteiger partial charge is 0.484 e. The Morgan fingerprint density at radius 2 is 2.33 bits per heavy atom. The van der Waals surface area contributed by atoms with E-state index >= 15 is 0 Å². The quantitative estimate of drug-likeness (QED) is 0.543. The van der Waals surface area contributed by atoms with E-state index in [-0.39, 0.29) is 11.9 Å². The van der Waals surface area contributed by atoms with Crippen LogP contribution in [0.2, 0.25) is 0 Å². The summed E-state index contributed by atoms with van der Waals surface area (Å²) in [5.41, 5.74) is 0. The van der Waals surface area contributed by atoms with Crippen LogP contribution in [0.3, 0.4) is 0 Å². The minimum atomic E-state index is -0.167. The van der Waals surface area contributed by atoms with Gasteiger partial charge < -0.3 is 9.47 Å². The van der Waals surface area contributed by atoms with Crippen molar-refractivity contribution in [3.8, 4) is 0 Å². The molecule has 0 unspecified atom stereocenters. The lowest BCUT2D eigenvalue weighted by Gasteiger charge is -2.18. The zero-order valence-corrected chi connectivity index (χ0v) is 7.37. The first-order valence-corrected chi connectivity index (χ1v) is 3.93. The fraction of sp³-hybridized carbons (Fsp3) is 0.750. The van der Waals surface area contributed by atoms with Crippen molar-refractivity contribution in [2.45, 2.75) is 12.8 Å². The molecule has 1 aliphatic rings. The van der Waals surface area contributed by atoms with Crippen molar-refractivity contribution in [2.75, 3.05) is 20.8 Å². The van der Waals surface area contributed by atoms with Gasteiger partial charge in [0.2, 0.25) is 0 Å². The fourth-order valence-electron chi connectivity index (χ4n) is 1.24. The highest BCUT2D eigenvalue weighted by atomic mass is 16.5. The predicted octanol–water partition coefficient (Wildman–Crippen LogP) is 0.614. The van der Waals surface area contributed by atoms with Crippen molar-refractivity contribution < 1.29 is 14.3 Å². The summed E-state index contributed by atoms with van der Waals surface area (Å²) in [5, 5.41) is 0. The van der Waals surface area contributed by atoms with E-state index in [1.807, 2.05) is 0 Å². The van der Waals surface area contributed by atoms with Gasteiger partial charge in [-0.3, -0.25) is 9.79 Å². The molecule has 1 rings (SSSR count).